The molecule has 77 heavy (non-hydrogen) atoms. The lowest BCUT2D eigenvalue weighted by molar-refractivity contribution is -0.384. The van der Waals surface area contributed by atoms with Gasteiger partial charge >= 0.3 is 24.5 Å². The largest absolute Gasteiger partial charge is 0.417 e. The van der Waals surface area contributed by atoms with Crippen LogP contribution in [0, 0.1) is 10.1 Å². The molecule has 0 atom stereocenters. The van der Waals surface area contributed by atoms with E-state index >= 15 is 0 Å². The number of carbonyl (C=O) groups excluding carboxylic acids is 2. The van der Waals surface area contributed by atoms with Crippen molar-refractivity contribution in [1.29, 1.82) is 0 Å². The number of hydrogen-bond donors (Lipinski definition) is 5. The molecule has 0 unspecified atom stereocenters. The minimum atomic E-state index is -4.46. The minimum absolute atomic E-state index is 0. The first kappa shape index (κ1) is 66.3. The molecule has 2 aromatic heterocycles. The van der Waals surface area contributed by atoms with Crippen molar-refractivity contribution in [2.75, 3.05) is 50.0 Å². The molecule has 0 saturated carbocycles. The Balaban J connectivity index is 0.000000393. The number of nitro benzene ring substituents is 1. The van der Waals surface area contributed by atoms with E-state index in [9.17, 15) is 63.6 Å². The maximum absolute atomic E-state index is 13.6. The smallest absolute Gasteiger partial charge is 0.410 e. The molecule has 0 aliphatic carbocycles. The van der Waals surface area contributed by atoms with Gasteiger partial charge < -0.3 is 30.5 Å². The number of amides is 3. The normalized spacial score (nSPS) is 13.3. The van der Waals surface area contributed by atoms with Crippen LogP contribution in [0.5, 0.6) is 5.75 Å². The van der Waals surface area contributed by atoms with Crippen LogP contribution in [-0.4, -0.2) is 81.5 Å². The highest BCUT2D eigenvalue weighted by Crippen LogP contribution is 2.36. The van der Waals surface area contributed by atoms with Gasteiger partial charge in [-0.15, -0.1) is 12.4 Å². The first-order chi connectivity index (χ1) is 35.8. The van der Waals surface area contributed by atoms with Crippen LogP contribution in [0.15, 0.2) is 109 Å². The number of aliphatic hydroxyl groups is 2. The van der Waals surface area contributed by atoms with Gasteiger partial charge in [-0.05, 0) is 103 Å². The van der Waals surface area contributed by atoms with Crippen molar-refractivity contribution in [3.8, 4) is 5.75 Å². The van der Waals surface area contributed by atoms with Crippen LogP contribution in [0.25, 0.3) is 11.1 Å². The summed E-state index contributed by atoms with van der Waals surface area (Å²) in [5, 5.41) is 36.0. The fourth-order valence-electron chi connectivity index (χ4n) is 6.41. The number of nitrogens with zero attached hydrogens (tertiary/aromatic N) is 4. The summed E-state index contributed by atoms with van der Waals surface area (Å²) in [5.41, 5.74) is 0.113. The third-order valence-corrected chi connectivity index (χ3v) is 10.8. The maximum atomic E-state index is 13.6. The van der Waals surface area contributed by atoms with Crippen LogP contribution in [0.4, 0.5) is 88.9 Å². The molecule has 3 amide bonds. The van der Waals surface area contributed by atoms with E-state index in [1.807, 2.05) is 6.08 Å². The van der Waals surface area contributed by atoms with Crippen LogP contribution >= 0.6 is 35.6 Å². The monoisotopic (exact) mass is 1170 g/mol. The minimum Gasteiger partial charge on any atom is -0.410 e. The van der Waals surface area contributed by atoms with Gasteiger partial charge in [-0.25, -0.2) is 9.59 Å². The third kappa shape index (κ3) is 19.9. The summed E-state index contributed by atoms with van der Waals surface area (Å²) in [5.74, 6) is -6.71. The van der Waals surface area contributed by atoms with E-state index in [0.717, 1.165) is 92.1 Å². The van der Waals surface area contributed by atoms with Gasteiger partial charge in [0.1, 0.15) is 19.0 Å². The number of rotatable bonds is 10. The van der Waals surface area contributed by atoms with Crippen LogP contribution in [-0.2, 0) is 24.2 Å². The zero-order chi connectivity index (χ0) is 57.0. The molecular weight excluding hydrogens is 1130 g/mol. The second-order valence-electron chi connectivity index (χ2n) is 15.3. The molecule has 420 valence electrons. The SMILES string of the molecule is Cl.FF.FF.O=C(Nc1ccc(C(F)(F)F)cc1)N1CC=C(c2ncc(C(F)(F)CO)cc2Cl)CC1.O=C(Nc1ccc(C(F)(F)F)cc1)Oc1ccc([N+](=O)[O-])cc1.OCC(F)(F)c1cnc(C2=CCNCC2)c(Cl)c1. The number of nitro groups is 1. The lowest BCUT2D eigenvalue weighted by atomic mass is 10.0. The summed E-state index contributed by atoms with van der Waals surface area (Å²) < 4.78 is 166. The molecule has 14 nitrogen and oxygen atoms in total. The van der Waals surface area contributed by atoms with Gasteiger partial charge in [0, 0.05) is 85.0 Å². The molecule has 4 heterocycles. The summed E-state index contributed by atoms with van der Waals surface area (Å²) in [6.45, 7) is -0.632. The van der Waals surface area contributed by atoms with Gasteiger partial charge in [0.2, 0.25) is 0 Å². The number of non-ortho nitro benzene ring substituents is 1. The number of alkyl halides is 10. The Morgan fingerprint density at radius 1 is 0.675 bits per heavy atom. The molecule has 3 aromatic carbocycles. The third-order valence-electron chi connectivity index (χ3n) is 10.3. The molecule has 0 fully saturated rings. The predicted octanol–water partition coefficient (Wildman–Crippen LogP) is 13.7. The zero-order valence-electron chi connectivity index (χ0n) is 38.7. The van der Waals surface area contributed by atoms with E-state index in [-0.39, 0.29) is 63.9 Å². The van der Waals surface area contributed by atoms with Crippen molar-refractivity contribution in [1.82, 2.24) is 20.2 Å². The number of pyridine rings is 2. The standard InChI is InChI=1S/C20H17ClF5N3O2.C14H9F3N2O4.C12H13ClF2N2O.ClH.2F2/c21-16-9-14(19(22,23)11-30)10-27-17(16)12-5-7-29(8-6-12)18(31)28-15-3-1-13(2-4-15)20(24,25)26;15-14(16,17)9-1-3-10(4-2-9)18-13(20)23-12-7-5-11(6-8-12)19(21)22;13-10-5-9(12(14,15)7-18)6-17-11(10)8-1-3-16-4-2-8;;2*1-2/h1-5,9-10,30H,6-8,11H2,(H,28,31);1-8H,(H,18,20);1,5-6,16,18H,2-4,7H2;1H;;. The number of hydrogen-bond acceptors (Lipinski definition) is 10. The van der Waals surface area contributed by atoms with Gasteiger partial charge in [-0.3, -0.25) is 25.4 Å². The van der Waals surface area contributed by atoms with Crippen molar-refractivity contribution < 1.29 is 91.7 Å². The van der Waals surface area contributed by atoms with E-state index in [2.05, 4.69) is 25.9 Å². The van der Waals surface area contributed by atoms with Crippen LogP contribution in [0.2, 0.25) is 10.0 Å². The number of benzene rings is 3. The van der Waals surface area contributed by atoms with Crippen molar-refractivity contribution in [2.24, 2.45) is 0 Å². The van der Waals surface area contributed by atoms with E-state index in [1.165, 1.54) is 35.2 Å². The number of urea groups is 1. The van der Waals surface area contributed by atoms with Gasteiger partial charge in [0.05, 0.1) is 37.5 Å². The fourth-order valence-corrected chi connectivity index (χ4v) is 6.99. The highest BCUT2D eigenvalue weighted by molar-refractivity contribution is 6.32. The number of anilines is 2. The molecule has 0 radical (unpaired) electrons. The number of carbonyl (C=O) groups is 2. The highest BCUT2D eigenvalue weighted by atomic mass is 35.5. The van der Waals surface area contributed by atoms with Gasteiger partial charge in [0.15, 0.2) is 0 Å². The number of halogens is 17. The van der Waals surface area contributed by atoms with E-state index in [0.29, 0.717) is 23.4 Å². The fraction of sp³-hybridized carbons (Fsp3) is 0.261. The van der Waals surface area contributed by atoms with Crippen molar-refractivity contribution in [3.63, 3.8) is 0 Å². The molecule has 7 rings (SSSR count). The number of aromatic nitrogens is 2. The summed E-state index contributed by atoms with van der Waals surface area (Å²) in [4.78, 5) is 43.2. The van der Waals surface area contributed by atoms with Crippen molar-refractivity contribution in [2.45, 2.75) is 37.0 Å². The van der Waals surface area contributed by atoms with Gasteiger partial charge in [0.25, 0.3) is 17.5 Å². The summed E-state index contributed by atoms with van der Waals surface area (Å²) in [7, 11) is 0. The first-order valence-electron chi connectivity index (χ1n) is 21.1. The second-order valence-corrected chi connectivity index (χ2v) is 16.1. The zero-order valence-corrected chi connectivity index (χ0v) is 41.1. The van der Waals surface area contributed by atoms with E-state index in [1.54, 1.807) is 6.08 Å². The Kier molecular flexibility index (Phi) is 26.0. The molecule has 0 bridgehead atoms. The Bertz CT molecular complexity index is 2780. The van der Waals surface area contributed by atoms with Crippen LogP contribution in [0.1, 0.15) is 46.5 Å². The number of nitrogens with one attached hydrogen (secondary N) is 3. The quantitative estimate of drug-likeness (QED) is 0.0511. The van der Waals surface area contributed by atoms with E-state index < -0.39 is 71.1 Å². The summed E-state index contributed by atoms with van der Waals surface area (Å²) in [6.07, 6.45) is -3.10. The molecule has 2 aliphatic heterocycles. The first-order valence-corrected chi connectivity index (χ1v) is 21.9. The number of aliphatic hydroxyl groups excluding tert-OH is 2. The van der Waals surface area contributed by atoms with Gasteiger partial charge in [-0.1, -0.05) is 35.4 Å². The highest BCUT2D eigenvalue weighted by Gasteiger charge is 2.34. The lowest BCUT2D eigenvalue weighted by Gasteiger charge is -2.27. The Morgan fingerprint density at radius 3 is 1.48 bits per heavy atom. The number of ether oxygens (including phenoxy) is 1. The Labute approximate surface area is 442 Å². The van der Waals surface area contributed by atoms with Gasteiger partial charge in [-0.2, -0.15) is 43.9 Å². The lowest BCUT2D eigenvalue weighted by Crippen LogP contribution is -2.38. The van der Waals surface area contributed by atoms with Crippen molar-refractivity contribution >= 4 is 75.9 Å². The van der Waals surface area contributed by atoms with E-state index in [4.69, 9.17) is 56.4 Å². The molecule has 5 N–H and O–H groups in total. The molecule has 31 heteroatoms. The second kappa shape index (κ2) is 30.2. The Morgan fingerprint density at radius 2 is 1.12 bits per heavy atom. The molecular formula is C46H40Cl3F14N7O7. The molecule has 5 aromatic rings. The van der Waals surface area contributed by atoms with Crippen LogP contribution < -0.4 is 20.7 Å². The summed E-state index contributed by atoms with van der Waals surface area (Å²) >= 11 is 12.1. The maximum Gasteiger partial charge on any atom is 0.417 e. The average molecular weight is 1180 g/mol. The average Bonchev–Trinajstić information content (AvgIpc) is 3.40. The predicted molar refractivity (Wildman–Crippen MR) is 256 cm³/mol. The van der Waals surface area contributed by atoms with Crippen LogP contribution in [0.3, 0.4) is 0 Å². The molecule has 0 saturated heterocycles. The molecule has 0 spiro atoms. The topological polar surface area (TPSA) is 192 Å². The molecule has 2 aliphatic rings. The van der Waals surface area contributed by atoms with Crippen molar-refractivity contribution in [3.05, 3.63) is 163 Å². The summed E-state index contributed by atoms with van der Waals surface area (Å²) in [6, 6.07) is 14.4. The Hall–Kier alpha value is -6.85.